The third kappa shape index (κ3) is 2.78. The summed E-state index contributed by atoms with van der Waals surface area (Å²) in [5.74, 6) is 1.58. The average molecular weight is 318 g/mol. The first-order valence-corrected chi connectivity index (χ1v) is 6.30. The summed E-state index contributed by atoms with van der Waals surface area (Å²) in [5, 5.41) is 0. The molecule has 15 heavy (non-hydrogen) atoms. The predicted molar refractivity (Wildman–Crippen MR) is 68.7 cm³/mol. The summed E-state index contributed by atoms with van der Waals surface area (Å²) in [4.78, 5) is 10.9. The van der Waals surface area contributed by atoms with Crippen molar-refractivity contribution in [1.29, 1.82) is 0 Å². The van der Waals surface area contributed by atoms with Crippen molar-refractivity contribution in [1.82, 2.24) is 9.97 Å². The van der Waals surface area contributed by atoms with Gasteiger partial charge in [0.25, 0.3) is 0 Å². The molecular weight excluding hydrogens is 303 g/mol. The second-order valence-corrected chi connectivity index (χ2v) is 5.12. The van der Waals surface area contributed by atoms with Crippen LogP contribution < -0.4 is 10.6 Å². The van der Waals surface area contributed by atoms with Crippen LogP contribution in [0.15, 0.2) is 12.4 Å². The number of hydrogen-bond donors (Lipinski definition) is 1. The highest BCUT2D eigenvalue weighted by atomic mass is 127. The maximum Gasteiger partial charge on any atom is 0.225 e. The van der Waals surface area contributed by atoms with Gasteiger partial charge in [-0.25, -0.2) is 9.97 Å². The molecule has 0 aliphatic carbocycles. The molecule has 2 N–H and O–H groups in total. The number of hydrogen-bond acceptors (Lipinski definition) is 4. The molecule has 2 rings (SSSR count). The maximum atomic E-state index is 5.56. The van der Waals surface area contributed by atoms with Crippen molar-refractivity contribution in [2.75, 3.05) is 24.5 Å². The summed E-state index contributed by atoms with van der Waals surface area (Å²) in [6.45, 7) is 2.90. The molecule has 82 valence electrons. The standard InChI is InChI=1S/C10H15IN4/c11-9-5-13-10(14-6-9)15-4-2-8(7-15)1-3-12/h5-6,8H,1-4,7,12H2. The number of rotatable bonds is 3. The highest BCUT2D eigenvalue weighted by molar-refractivity contribution is 14.1. The Morgan fingerprint density at radius 2 is 2.20 bits per heavy atom. The average Bonchev–Trinajstić information content (AvgIpc) is 2.68. The molecular formula is C10H15IN4. The fraction of sp³-hybridized carbons (Fsp3) is 0.600. The van der Waals surface area contributed by atoms with Crippen LogP contribution in [-0.2, 0) is 0 Å². The van der Waals surface area contributed by atoms with E-state index in [0.717, 1.165) is 41.5 Å². The quantitative estimate of drug-likeness (QED) is 0.853. The van der Waals surface area contributed by atoms with E-state index in [4.69, 9.17) is 5.73 Å². The van der Waals surface area contributed by atoms with E-state index in [1.165, 1.54) is 6.42 Å². The number of nitrogens with two attached hydrogens (primary N) is 1. The first kappa shape index (κ1) is 11.1. The fourth-order valence-electron chi connectivity index (χ4n) is 1.95. The van der Waals surface area contributed by atoms with Gasteiger partial charge in [-0.1, -0.05) is 0 Å². The second-order valence-electron chi connectivity index (χ2n) is 3.88. The summed E-state index contributed by atoms with van der Waals surface area (Å²) in [7, 11) is 0. The number of aromatic nitrogens is 2. The smallest absolute Gasteiger partial charge is 0.225 e. The van der Waals surface area contributed by atoms with E-state index in [-0.39, 0.29) is 0 Å². The molecule has 0 saturated carbocycles. The lowest BCUT2D eigenvalue weighted by Gasteiger charge is -2.15. The van der Waals surface area contributed by atoms with Gasteiger partial charge in [0.1, 0.15) is 0 Å². The van der Waals surface area contributed by atoms with Gasteiger partial charge in [0, 0.05) is 29.1 Å². The topological polar surface area (TPSA) is 55.0 Å². The van der Waals surface area contributed by atoms with Crippen molar-refractivity contribution in [2.24, 2.45) is 11.7 Å². The Bertz CT molecular complexity index is 314. The van der Waals surface area contributed by atoms with Gasteiger partial charge in [0.05, 0.1) is 0 Å². The van der Waals surface area contributed by atoms with Crippen molar-refractivity contribution < 1.29 is 0 Å². The highest BCUT2D eigenvalue weighted by Gasteiger charge is 2.23. The van der Waals surface area contributed by atoms with E-state index >= 15 is 0 Å². The number of anilines is 1. The van der Waals surface area contributed by atoms with Crippen LogP contribution in [0.4, 0.5) is 5.95 Å². The lowest BCUT2D eigenvalue weighted by Crippen LogP contribution is -2.22. The molecule has 0 bridgehead atoms. The molecule has 1 saturated heterocycles. The molecule has 0 amide bonds. The van der Waals surface area contributed by atoms with Gasteiger partial charge in [-0.3, -0.25) is 0 Å². The van der Waals surface area contributed by atoms with E-state index in [1.54, 1.807) is 0 Å². The Kier molecular flexibility index (Phi) is 3.74. The Hall–Kier alpha value is -0.430. The van der Waals surface area contributed by atoms with Crippen molar-refractivity contribution in [3.05, 3.63) is 16.0 Å². The van der Waals surface area contributed by atoms with Gasteiger partial charge in [0.15, 0.2) is 0 Å². The molecule has 1 aromatic heterocycles. The van der Waals surface area contributed by atoms with Crippen molar-refractivity contribution in [3.63, 3.8) is 0 Å². The van der Waals surface area contributed by atoms with E-state index in [9.17, 15) is 0 Å². The van der Waals surface area contributed by atoms with Gasteiger partial charge in [0.2, 0.25) is 5.95 Å². The van der Waals surface area contributed by atoms with Gasteiger partial charge in [-0.2, -0.15) is 0 Å². The van der Waals surface area contributed by atoms with Crippen LogP contribution in [0, 0.1) is 9.49 Å². The molecule has 4 nitrogen and oxygen atoms in total. The molecule has 0 aromatic carbocycles. The zero-order chi connectivity index (χ0) is 10.7. The molecule has 1 atom stereocenters. The molecule has 1 fully saturated rings. The zero-order valence-corrected chi connectivity index (χ0v) is 10.7. The molecule has 1 aromatic rings. The van der Waals surface area contributed by atoms with Crippen LogP contribution in [0.25, 0.3) is 0 Å². The predicted octanol–water partition coefficient (Wildman–Crippen LogP) is 1.26. The molecule has 0 radical (unpaired) electrons. The van der Waals surface area contributed by atoms with E-state index in [1.807, 2.05) is 12.4 Å². The van der Waals surface area contributed by atoms with E-state index < -0.39 is 0 Å². The van der Waals surface area contributed by atoms with E-state index in [2.05, 4.69) is 37.5 Å². The Balaban J connectivity index is 1.98. The van der Waals surface area contributed by atoms with Gasteiger partial charge >= 0.3 is 0 Å². The van der Waals surface area contributed by atoms with Crippen LogP contribution in [0.5, 0.6) is 0 Å². The molecule has 2 heterocycles. The Morgan fingerprint density at radius 3 is 2.87 bits per heavy atom. The number of halogens is 1. The van der Waals surface area contributed by atoms with Gasteiger partial charge < -0.3 is 10.6 Å². The number of nitrogens with zero attached hydrogens (tertiary/aromatic N) is 3. The monoisotopic (exact) mass is 318 g/mol. The summed E-state index contributed by atoms with van der Waals surface area (Å²) >= 11 is 2.22. The lowest BCUT2D eigenvalue weighted by molar-refractivity contribution is 0.545. The van der Waals surface area contributed by atoms with Gasteiger partial charge in [-0.15, -0.1) is 0 Å². The summed E-state index contributed by atoms with van der Waals surface area (Å²) in [6.07, 6.45) is 6.05. The summed E-state index contributed by atoms with van der Waals surface area (Å²) < 4.78 is 1.08. The van der Waals surface area contributed by atoms with Crippen molar-refractivity contribution in [2.45, 2.75) is 12.8 Å². The summed E-state index contributed by atoms with van der Waals surface area (Å²) in [6, 6.07) is 0. The van der Waals surface area contributed by atoms with Crippen molar-refractivity contribution >= 4 is 28.5 Å². The van der Waals surface area contributed by atoms with Crippen molar-refractivity contribution in [3.8, 4) is 0 Å². The molecule has 1 unspecified atom stereocenters. The van der Waals surface area contributed by atoms with Crippen LogP contribution in [0.2, 0.25) is 0 Å². The van der Waals surface area contributed by atoms with Crippen LogP contribution >= 0.6 is 22.6 Å². The second kappa shape index (κ2) is 5.07. The first-order valence-electron chi connectivity index (χ1n) is 5.22. The largest absolute Gasteiger partial charge is 0.341 e. The third-order valence-electron chi connectivity index (χ3n) is 2.75. The van der Waals surface area contributed by atoms with Crippen LogP contribution in [0.3, 0.4) is 0 Å². The summed E-state index contributed by atoms with van der Waals surface area (Å²) in [5.41, 5.74) is 5.56. The van der Waals surface area contributed by atoms with Gasteiger partial charge in [-0.05, 0) is 47.9 Å². The normalized spacial score (nSPS) is 20.9. The minimum atomic E-state index is 0.720. The van der Waals surface area contributed by atoms with Crippen LogP contribution in [-0.4, -0.2) is 29.6 Å². The molecule has 1 aliphatic rings. The Morgan fingerprint density at radius 1 is 1.47 bits per heavy atom. The molecule has 1 aliphatic heterocycles. The third-order valence-corrected chi connectivity index (χ3v) is 3.31. The fourth-order valence-corrected chi connectivity index (χ4v) is 2.23. The molecule has 0 spiro atoms. The Labute approximate surface area is 103 Å². The highest BCUT2D eigenvalue weighted by Crippen LogP contribution is 2.22. The SMILES string of the molecule is NCCC1CCN(c2ncc(I)cn2)C1. The van der Waals surface area contributed by atoms with Crippen LogP contribution in [0.1, 0.15) is 12.8 Å². The first-order chi connectivity index (χ1) is 7.29. The molecule has 5 heteroatoms. The zero-order valence-electron chi connectivity index (χ0n) is 8.56. The minimum absolute atomic E-state index is 0.720. The minimum Gasteiger partial charge on any atom is -0.341 e. The lowest BCUT2D eigenvalue weighted by atomic mass is 10.1. The van der Waals surface area contributed by atoms with E-state index in [0.29, 0.717) is 0 Å². The maximum absolute atomic E-state index is 5.56.